The molecule has 0 saturated carbocycles. The van der Waals surface area contributed by atoms with E-state index in [1.165, 1.54) is 36.4 Å². The van der Waals surface area contributed by atoms with Crippen molar-refractivity contribution in [2.24, 2.45) is 0 Å². The van der Waals surface area contributed by atoms with Gasteiger partial charge in [-0.05, 0) is 29.7 Å². The first-order valence-corrected chi connectivity index (χ1v) is 6.08. The van der Waals surface area contributed by atoms with Crippen LogP contribution in [0.4, 0.5) is 10.1 Å². The van der Waals surface area contributed by atoms with Crippen LogP contribution in [0.5, 0.6) is 0 Å². The van der Waals surface area contributed by atoms with Crippen molar-refractivity contribution in [3.05, 3.63) is 58.9 Å². The molecule has 102 valence electrons. The molecule has 0 bridgehead atoms. The molecule has 4 nitrogen and oxygen atoms in total. The smallest absolute Gasteiger partial charge is 0.423 e. The van der Waals surface area contributed by atoms with Crippen LogP contribution in [-0.2, 0) is 0 Å². The lowest BCUT2D eigenvalue weighted by molar-refractivity contribution is 0.102. The molecule has 0 aliphatic carbocycles. The molecule has 0 atom stereocenters. The largest absolute Gasteiger partial charge is 0.488 e. The molecule has 1 amide bonds. The summed E-state index contributed by atoms with van der Waals surface area (Å²) < 4.78 is 13.4. The Labute approximate surface area is 120 Å². The van der Waals surface area contributed by atoms with Crippen molar-refractivity contribution >= 4 is 35.8 Å². The first-order chi connectivity index (χ1) is 9.49. The summed E-state index contributed by atoms with van der Waals surface area (Å²) in [5.41, 5.74) is 0.316. The zero-order valence-electron chi connectivity index (χ0n) is 10.2. The zero-order valence-corrected chi connectivity index (χ0v) is 10.9. The number of hydrogen-bond acceptors (Lipinski definition) is 3. The van der Waals surface area contributed by atoms with E-state index in [4.69, 9.17) is 21.6 Å². The SMILES string of the molecule is O=C(Nc1ccccc1F)c1ccc(B(O)O)cc1Cl. The quantitative estimate of drug-likeness (QED) is 0.750. The van der Waals surface area contributed by atoms with Crippen LogP contribution in [0.2, 0.25) is 5.02 Å². The van der Waals surface area contributed by atoms with Crippen LogP contribution in [0.15, 0.2) is 42.5 Å². The highest BCUT2D eigenvalue weighted by Crippen LogP contribution is 2.18. The van der Waals surface area contributed by atoms with Gasteiger partial charge in [0.05, 0.1) is 16.3 Å². The van der Waals surface area contributed by atoms with Gasteiger partial charge in [-0.3, -0.25) is 4.79 Å². The maximum Gasteiger partial charge on any atom is 0.488 e. The normalized spacial score (nSPS) is 10.2. The third-order valence-electron chi connectivity index (χ3n) is 2.66. The minimum atomic E-state index is -1.67. The van der Waals surface area contributed by atoms with E-state index in [1.54, 1.807) is 6.07 Å². The second-order valence-corrected chi connectivity index (χ2v) is 4.45. The maximum atomic E-state index is 13.4. The number of para-hydroxylation sites is 1. The average molecular weight is 293 g/mol. The minimum absolute atomic E-state index is 0.0415. The highest BCUT2D eigenvalue weighted by molar-refractivity contribution is 6.59. The molecule has 3 N–H and O–H groups in total. The standard InChI is InChI=1S/C13H10BClFNO3/c15-10-7-8(14(19)20)5-6-9(10)13(18)17-12-4-2-1-3-11(12)16/h1-7,19-20H,(H,17,18). The number of hydrogen-bond donors (Lipinski definition) is 3. The van der Waals surface area contributed by atoms with Gasteiger partial charge in [-0.1, -0.05) is 29.8 Å². The van der Waals surface area contributed by atoms with E-state index in [9.17, 15) is 9.18 Å². The van der Waals surface area contributed by atoms with Gasteiger partial charge in [0.25, 0.3) is 5.91 Å². The molecule has 0 aromatic heterocycles. The highest BCUT2D eigenvalue weighted by atomic mass is 35.5. The summed E-state index contributed by atoms with van der Waals surface area (Å²) in [7, 11) is -1.67. The summed E-state index contributed by atoms with van der Waals surface area (Å²) in [5, 5.41) is 20.4. The molecule has 0 aliphatic heterocycles. The number of carbonyl (C=O) groups is 1. The second-order valence-electron chi connectivity index (χ2n) is 4.05. The Morgan fingerprint density at radius 1 is 1.20 bits per heavy atom. The van der Waals surface area contributed by atoms with Gasteiger partial charge < -0.3 is 15.4 Å². The molecule has 0 saturated heterocycles. The molecule has 2 aromatic rings. The lowest BCUT2D eigenvalue weighted by atomic mass is 9.80. The Bertz CT molecular complexity index is 651. The highest BCUT2D eigenvalue weighted by Gasteiger charge is 2.16. The topological polar surface area (TPSA) is 69.6 Å². The lowest BCUT2D eigenvalue weighted by Gasteiger charge is -2.09. The van der Waals surface area contributed by atoms with Gasteiger partial charge in [0.2, 0.25) is 0 Å². The van der Waals surface area contributed by atoms with Crippen LogP contribution >= 0.6 is 11.6 Å². The predicted molar refractivity (Wildman–Crippen MR) is 75.6 cm³/mol. The van der Waals surface area contributed by atoms with E-state index in [0.29, 0.717) is 0 Å². The first-order valence-electron chi connectivity index (χ1n) is 5.70. The molecule has 0 heterocycles. The van der Waals surface area contributed by atoms with Gasteiger partial charge in [0.1, 0.15) is 5.82 Å². The van der Waals surface area contributed by atoms with Gasteiger partial charge in [0.15, 0.2) is 0 Å². The lowest BCUT2D eigenvalue weighted by Crippen LogP contribution is -2.30. The van der Waals surface area contributed by atoms with Crippen LogP contribution in [-0.4, -0.2) is 23.1 Å². The summed E-state index contributed by atoms with van der Waals surface area (Å²) >= 11 is 5.90. The van der Waals surface area contributed by atoms with Gasteiger partial charge in [-0.25, -0.2) is 4.39 Å². The predicted octanol–water partition coefficient (Wildman–Crippen LogP) is 1.41. The molecule has 0 fully saturated rings. The Morgan fingerprint density at radius 3 is 2.50 bits per heavy atom. The molecule has 2 aromatic carbocycles. The molecule has 2 rings (SSSR count). The van der Waals surface area contributed by atoms with Crippen molar-refractivity contribution in [2.45, 2.75) is 0 Å². The molecule has 0 spiro atoms. The van der Waals surface area contributed by atoms with E-state index in [1.807, 2.05) is 0 Å². The minimum Gasteiger partial charge on any atom is -0.423 e. The monoisotopic (exact) mass is 293 g/mol. The van der Waals surface area contributed by atoms with Crippen LogP contribution in [0.3, 0.4) is 0 Å². The van der Waals surface area contributed by atoms with Crippen molar-refractivity contribution in [3.63, 3.8) is 0 Å². The van der Waals surface area contributed by atoms with Crippen molar-refractivity contribution in [3.8, 4) is 0 Å². The number of benzene rings is 2. The fourth-order valence-electron chi connectivity index (χ4n) is 1.63. The van der Waals surface area contributed by atoms with Crippen molar-refractivity contribution in [1.82, 2.24) is 0 Å². The third kappa shape index (κ3) is 3.16. The molecule has 7 heteroatoms. The summed E-state index contributed by atoms with van der Waals surface area (Å²) in [4.78, 5) is 12.0. The van der Waals surface area contributed by atoms with Gasteiger partial charge in [-0.2, -0.15) is 0 Å². The third-order valence-corrected chi connectivity index (χ3v) is 2.97. The van der Waals surface area contributed by atoms with Crippen molar-refractivity contribution in [1.29, 1.82) is 0 Å². The van der Waals surface area contributed by atoms with Crippen LogP contribution in [0.1, 0.15) is 10.4 Å². The Morgan fingerprint density at radius 2 is 1.90 bits per heavy atom. The average Bonchev–Trinajstić information content (AvgIpc) is 2.41. The fourth-order valence-corrected chi connectivity index (χ4v) is 1.90. The fraction of sp³-hybridized carbons (Fsp3) is 0. The number of anilines is 1. The van der Waals surface area contributed by atoms with E-state index in [2.05, 4.69) is 5.32 Å². The van der Waals surface area contributed by atoms with Gasteiger partial charge >= 0.3 is 7.12 Å². The van der Waals surface area contributed by atoms with Crippen molar-refractivity contribution in [2.75, 3.05) is 5.32 Å². The second kappa shape index (κ2) is 6.05. The Kier molecular flexibility index (Phi) is 4.39. The van der Waals surface area contributed by atoms with Crippen molar-refractivity contribution < 1.29 is 19.2 Å². The van der Waals surface area contributed by atoms with E-state index < -0.39 is 18.8 Å². The van der Waals surface area contributed by atoms with Crippen LogP contribution in [0, 0.1) is 5.82 Å². The van der Waals surface area contributed by atoms with Gasteiger partial charge in [-0.15, -0.1) is 0 Å². The molecular weight excluding hydrogens is 283 g/mol. The molecule has 0 aliphatic rings. The molecular formula is C13H10BClFNO3. The zero-order chi connectivity index (χ0) is 14.7. The summed E-state index contributed by atoms with van der Waals surface area (Å²) in [6.45, 7) is 0. The number of carbonyl (C=O) groups excluding carboxylic acids is 1. The first kappa shape index (κ1) is 14.5. The molecule has 0 unspecified atom stereocenters. The molecule has 20 heavy (non-hydrogen) atoms. The Hall–Kier alpha value is -1.89. The van der Waals surface area contributed by atoms with E-state index in [0.717, 1.165) is 0 Å². The number of halogens is 2. The van der Waals surface area contributed by atoms with Gasteiger partial charge in [0, 0.05) is 0 Å². The maximum absolute atomic E-state index is 13.4. The summed E-state index contributed by atoms with van der Waals surface area (Å²) in [6, 6.07) is 9.71. The van der Waals surface area contributed by atoms with Crippen LogP contribution in [0.25, 0.3) is 0 Å². The molecule has 0 radical (unpaired) electrons. The number of nitrogens with one attached hydrogen (secondary N) is 1. The van der Waals surface area contributed by atoms with E-state index in [-0.39, 0.29) is 21.7 Å². The van der Waals surface area contributed by atoms with Crippen LogP contribution < -0.4 is 10.8 Å². The number of amides is 1. The van der Waals surface area contributed by atoms with E-state index >= 15 is 0 Å². The Balaban J connectivity index is 2.24. The summed E-state index contributed by atoms with van der Waals surface area (Å²) in [6.07, 6.45) is 0. The summed E-state index contributed by atoms with van der Waals surface area (Å²) in [5.74, 6) is -1.14. The number of rotatable bonds is 3.